The lowest BCUT2D eigenvalue weighted by atomic mass is 9.99. The quantitative estimate of drug-likeness (QED) is 0.858. The van der Waals surface area contributed by atoms with E-state index in [1.807, 2.05) is 0 Å². The molecule has 0 saturated carbocycles. The van der Waals surface area contributed by atoms with Gasteiger partial charge in [-0.25, -0.2) is 13.6 Å². The highest BCUT2D eigenvalue weighted by Gasteiger charge is 2.28. The zero-order valence-electron chi connectivity index (χ0n) is 10.9. The maximum atomic E-state index is 13.6. The van der Waals surface area contributed by atoms with E-state index in [0.717, 1.165) is 12.1 Å². The van der Waals surface area contributed by atoms with Gasteiger partial charge in [-0.3, -0.25) is 4.79 Å². The summed E-state index contributed by atoms with van der Waals surface area (Å²) in [6.45, 7) is 3.39. The molecule has 0 unspecified atom stereocenters. The van der Waals surface area contributed by atoms with E-state index in [0.29, 0.717) is 6.42 Å². The zero-order chi connectivity index (χ0) is 15.4. The van der Waals surface area contributed by atoms with Gasteiger partial charge in [0.2, 0.25) is 0 Å². The van der Waals surface area contributed by atoms with Crippen molar-refractivity contribution < 1.29 is 23.5 Å². The number of hydrogen-bond donors (Lipinski definition) is 2. The van der Waals surface area contributed by atoms with Gasteiger partial charge in [-0.15, -0.1) is 0 Å². The summed E-state index contributed by atoms with van der Waals surface area (Å²) in [4.78, 5) is 22.9. The van der Waals surface area contributed by atoms with Crippen molar-refractivity contribution in [3.05, 3.63) is 33.8 Å². The molecular weight excluding hydrogens is 336 g/mol. The minimum Gasteiger partial charge on any atom is -0.480 e. The van der Waals surface area contributed by atoms with Crippen LogP contribution in [0.5, 0.6) is 0 Å². The number of aliphatic carboxylic acids is 1. The smallest absolute Gasteiger partial charge is 0.326 e. The molecule has 1 amide bonds. The van der Waals surface area contributed by atoms with Gasteiger partial charge in [0.25, 0.3) is 5.91 Å². The summed E-state index contributed by atoms with van der Waals surface area (Å²) in [5.74, 6) is -4.80. The van der Waals surface area contributed by atoms with E-state index in [1.54, 1.807) is 13.8 Å². The van der Waals surface area contributed by atoms with Crippen LogP contribution in [0.3, 0.4) is 0 Å². The molecule has 0 aliphatic heterocycles. The van der Waals surface area contributed by atoms with Crippen LogP contribution in [-0.2, 0) is 4.79 Å². The van der Waals surface area contributed by atoms with Crippen LogP contribution in [0, 0.1) is 17.6 Å². The van der Waals surface area contributed by atoms with Gasteiger partial charge in [-0.05, 0) is 18.1 Å². The summed E-state index contributed by atoms with van der Waals surface area (Å²) in [5, 5.41) is 11.2. The summed E-state index contributed by atoms with van der Waals surface area (Å²) in [6, 6.07) is 0.684. The van der Waals surface area contributed by atoms with Crippen LogP contribution in [0.4, 0.5) is 8.78 Å². The Balaban J connectivity index is 3.04. The molecule has 0 heterocycles. The van der Waals surface area contributed by atoms with Crippen molar-refractivity contribution in [1.29, 1.82) is 0 Å². The number of nitrogens with one attached hydrogen (secondary N) is 1. The third-order valence-corrected chi connectivity index (χ3v) is 3.46. The maximum absolute atomic E-state index is 13.6. The van der Waals surface area contributed by atoms with Crippen LogP contribution in [-0.4, -0.2) is 23.0 Å². The van der Waals surface area contributed by atoms with Crippen molar-refractivity contribution in [3.8, 4) is 0 Å². The predicted octanol–water partition coefficient (Wildman–Crippen LogP) is 2.96. The van der Waals surface area contributed by atoms with Crippen molar-refractivity contribution in [2.75, 3.05) is 0 Å². The Hall–Kier alpha value is -1.50. The van der Waals surface area contributed by atoms with Crippen LogP contribution >= 0.6 is 15.9 Å². The highest BCUT2D eigenvalue weighted by atomic mass is 79.9. The Morgan fingerprint density at radius 1 is 1.35 bits per heavy atom. The van der Waals surface area contributed by atoms with Crippen LogP contribution in [0.25, 0.3) is 0 Å². The van der Waals surface area contributed by atoms with Gasteiger partial charge in [0.15, 0.2) is 0 Å². The minimum atomic E-state index is -1.24. The largest absolute Gasteiger partial charge is 0.480 e. The molecule has 0 aliphatic carbocycles. The number of hydrogen-bond acceptors (Lipinski definition) is 2. The second kappa shape index (κ2) is 6.78. The van der Waals surface area contributed by atoms with Crippen molar-refractivity contribution in [2.45, 2.75) is 26.3 Å². The number of rotatable bonds is 5. The molecule has 4 nitrogen and oxygen atoms in total. The van der Waals surface area contributed by atoms with Gasteiger partial charge in [-0.2, -0.15) is 0 Å². The Morgan fingerprint density at radius 3 is 2.25 bits per heavy atom. The number of amides is 1. The lowest BCUT2D eigenvalue weighted by Gasteiger charge is -2.20. The molecule has 110 valence electrons. The fraction of sp³-hybridized carbons (Fsp3) is 0.385. The summed E-state index contributed by atoms with van der Waals surface area (Å²) in [7, 11) is 0. The standard InChI is InChI=1S/C13H14BrF2NO3/c1-3-6(2)11(13(19)20)17-12(18)10-8(15)4-7(14)5-9(10)16/h4-6,11H,3H2,1-2H3,(H,17,18)(H,19,20)/t6-,11-/m0/s1. The van der Waals surface area contributed by atoms with Crippen LogP contribution in [0.2, 0.25) is 0 Å². The summed E-state index contributed by atoms with van der Waals surface area (Å²) in [5.41, 5.74) is -0.789. The Labute approximate surface area is 123 Å². The second-order valence-corrected chi connectivity index (χ2v) is 5.34. The van der Waals surface area contributed by atoms with Gasteiger partial charge in [0.1, 0.15) is 23.2 Å². The van der Waals surface area contributed by atoms with Gasteiger partial charge >= 0.3 is 5.97 Å². The molecule has 0 saturated heterocycles. The molecule has 7 heteroatoms. The Bertz CT molecular complexity index is 513. The average Bonchev–Trinajstić information content (AvgIpc) is 2.33. The van der Waals surface area contributed by atoms with Crippen LogP contribution in [0.15, 0.2) is 16.6 Å². The topological polar surface area (TPSA) is 66.4 Å². The first-order chi connectivity index (χ1) is 9.27. The third-order valence-electron chi connectivity index (χ3n) is 3.00. The molecular formula is C13H14BrF2NO3. The number of benzene rings is 1. The second-order valence-electron chi connectivity index (χ2n) is 4.42. The average molecular weight is 350 g/mol. The molecule has 0 fully saturated rings. The molecule has 0 aromatic heterocycles. The molecule has 1 aromatic carbocycles. The summed E-state index contributed by atoms with van der Waals surface area (Å²) in [6.07, 6.45) is 0.503. The first-order valence-electron chi connectivity index (χ1n) is 5.96. The Morgan fingerprint density at radius 2 is 1.85 bits per heavy atom. The number of carboxylic acid groups (broad SMARTS) is 1. The monoisotopic (exact) mass is 349 g/mol. The van der Waals surface area contributed by atoms with Crippen LogP contribution in [0.1, 0.15) is 30.6 Å². The molecule has 0 aliphatic rings. The van der Waals surface area contributed by atoms with E-state index in [9.17, 15) is 18.4 Å². The molecule has 20 heavy (non-hydrogen) atoms. The van der Waals surface area contributed by atoms with Gasteiger partial charge in [-0.1, -0.05) is 36.2 Å². The van der Waals surface area contributed by atoms with E-state index < -0.39 is 35.1 Å². The predicted molar refractivity (Wildman–Crippen MR) is 72.4 cm³/mol. The number of carboxylic acids is 1. The fourth-order valence-corrected chi connectivity index (χ4v) is 2.06. The molecule has 1 rings (SSSR count). The first-order valence-corrected chi connectivity index (χ1v) is 6.75. The number of halogens is 3. The van der Waals surface area contributed by atoms with Crippen molar-refractivity contribution in [3.63, 3.8) is 0 Å². The summed E-state index contributed by atoms with van der Waals surface area (Å²) < 4.78 is 27.4. The molecule has 2 N–H and O–H groups in total. The van der Waals surface area contributed by atoms with E-state index in [1.165, 1.54) is 0 Å². The lowest BCUT2D eigenvalue weighted by Crippen LogP contribution is -2.45. The SMILES string of the molecule is CC[C@H](C)[C@H](NC(=O)c1c(F)cc(Br)cc1F)C(=O)O. The molecule has 0 spiro atoms. The normalized spacial score (nSPS) is 13.7. The zero-order valence-corrected chi connectivity index (χ0v) is 12.5. The Kier molecular flexibility index (Phi) is 5.62. The number of carbonyl (C=O) groups is 2. The van der Waals surface area contributed by atoms with Gasteiger partial charge < -0.3 is 10.4 Å². The summed E-state index contributed by atoms with van der Waals surface area (Å²) >= 11 is 2.90. The highest BCUT2D eigenvalue weighted by Crippen LogP contribution is 2.20. The van der Waals surface area contributed by atoms with Gasteiger partial charge in [0.05, 0.1) is 0 Å². The number of carbonyl (C=O) groups excluding carboxylic acids is 1. The highest BCUT2D eigenvalue weighted by molar-refractivity contribution is 9.10. The fourth-order valence-electron chi connectivity index (χ4n) is 1.66. The van der Waals surface area contributed by atoms with E-state index in [-0.39, 0.29) is 10.4 Å². The lowest BCUT2D eigenvalue weighted by molar-refractivity contribution is -0.140. The van der Waals surface area contributed by atoms with Crippen molar-refractivity contribution >= 4 is 27.8 Å². The van der Waals surface area contributed by atoms with E-state index in [2.05, 4.69) is 21.2 Å². The van der Waals surface area contributed by atoms with E-state index >= 15 is 0 Å². The molecule has 0 radical (unpaired) electrons. The van der Waals surface area contributed by atoms with Crippen LogP contribution < -0.4 is 5.32 Å². The van der Waals surface area contributed by atoms with Crippen molar-refractivity contribution in [1.82, 2.24) is 5.32 Å². The van der Waals surface area contributed by atoms with Crippen molar-refractivity contribution in [2.24, 2.45) is 5.92 Å². The minimum absolute atomic E-state index is 0.153. The molecule has 2 atom stereocenters. The third kappa shape index (κ3) is 3.75. The first kappa shape index (κ1) is 16.6. The van der Waals surface area contributed by atoms with E-state index in [4.69, 9.17) is 5.11 Å². The maximum Gasteiger partial charge on any atom is 0.326 e. The molecule has 1 aromatic rings. The van der Waals surface area contributed by atoms with Gasteiger partial charge in [0, 0.05) is 4.47 Å². The molecule has 0 bridgehead atoms.